The summed E-state index contributed by atoms with van der Waals surface area (Å²) in [6.07, 6.45) is 18.2. The van der Waals surface area contributed by atoms with Crippen molar-refractivity contribution in [2.75, 3.05) is 0 Å². The van der Waals surface area contributed by atoms with Gasteiger partial charge in [0.15, 0.2) is 11.6 Å². The van der Waals surface area contributed by atoms with Crippen molar-refractivity contribution < 1.29 is 9.59 Å². The van der Waals surface area contributed by atoms with Crippen molar-refractivity contribution in [1.29, 1.82) is 0 Å². The van der Waals surface area contributed by atoms with Gasteiger partial charge in [-0.2, -0.15) is 0 Å². The van der Waals surface area contributed by atoms with Gasteiger partial charge in [0.2, 0.25) is 0 Å². The van der Waals surface area contributed by atoms with Gasteiger partial charge in [-0.1, -0.05) is 66.8 Å². The van der Waals surface area contributed by atoms with Gasteiger partial charge in [-0.25, -0.2) is 0 Å². The van der Waals surface area contributed by atoms with Crippen molar-refractivity contribution in [3.05, 3.63) is 89.1 Å². The lowest BCUT2D eigenvalue weighted by molar-refractivity contribution is -0.115. The summed E-state index contributed by atoms with van der Waals surface area (Å²) < 4.78 is 0. The van der Waals surface area contributed by atoms with E-state index in [9.17, 15) is 9.59 Å². The summed E-state index contributed by atoms with van der Waals surface area (Å²) in [4.78, 5) is 24.3. The highest BCUT2D eigenvalue weighted by molar-refractivity contribution is 6.08. The average Bonchev–Trinajstić information content (AvgIpc) is 3.15. The zero-order valence-electron chi connectivity index (χ0n) is 13.6. The maximum Gasteiger partial charge on any atom is 0.185 e. The summed E-state index contributed by atoms with van der Waals surface area (Å²) in [7, 11) is 0. The first-order valence-corrected chi connectivity index (χ1v) is 8.29. The number of Topliss-reactive ketones (excluding diaryl/α,β-unsaturated/α-hetero) is 1. The van der Waals surface area contributed by atoms with Gasteiger partial charge in [-0.3, -0.25) is 9.59 Å². The third-order valence-electron chi connectivity index (χ3n) is 4.15. The van der Waals surface area contributed by atoms with Crippen LogP contribution >= 0.6 is 0 Å². The molecule has 2 nitrogen and oxygen atoms in total. The summed E-state index contributed by atoms with van der Waals surface area (Å²) in [6, 6.07) is 7.79. The number of allylic oxidation sites excluding steroid dienone is 9. The fourth-order valence-corrected chi connectivity index (χ4v) is 2.82. The SMILES string of the molecule is O=C(/C=C/c1cccc(CC(=O)C2=CC=CC2)c1)C1=CCCC=C1. The van der Waals surface area contributed by atoms with Crippen LogP contribution in [-0.2, 0) is 16.0 Å². The third kappa shape index (κ3) is 4.17. The molecule has 2 aliphatic carbocycles. The molecule has 0 bridgehead atoms. The summed E-state index contributed by atoms with van der Waals surface area (Å²) in [5, 5.41) is 0. The van der Waals surface area contributed by atoms with E-state index in [-0.39, 0.29) is 11.6 Å². The molecule has 0 N–H and O–H groups in total. The number of hydrogen-bond donors (Lipinski definition) is 0. The molecule has 0 saturated carbocycles. The van der Waals surface area contributed by atoms with Crippen LogP contribution < -0.4 is 0 Å². The van der Waals surface area contributed by atoms with E-state index in [1.807, 2.05) is 66.8 Å². The lowest BCUT2D eigenvalue weighted by Crippen LogP contribution is -2.05. The van der Waals surface area contributed by atoms with E-state index in [0.717, 1.165) is 41.5 Å². The van der Waals surface area contributed by atoms with Crippen molar-refractivity contribution in [3.8, 4) is 0 Å². The Morgan fingerprint density at radius 1 is 1.12 bits per heavy atom. The molecular formula is C22H20O2. The van der Waals surface area contributed by atoms with Crippen LogP contribution in [-0.4, -0.2) is 11.6 Å². The first-order chi connectivity index (χ1) is 11.7. The molecule has 120 valence electrons. The van der Waals surface area contributed by atoms with Crippen LogP contribution in [0.25, 0.3) is 6.08 Å². The standard InChI is InChI=1S/C22H20O2/c23-21(19-9-2-1-3-10-19)14-13-17-7-6-8-18(15-17)16-22(24)20-11-4-5-12-20/h2,4-11,13-15H,1,3,12,16H2/b14-13+. The van der Waals surface area contributed by atoms with E-state index in [1.165, 1.54) is 0 Å². The van der Waals surface area contributed by atoms with Crippen LogP contribution in [0, 0.1) is 0 Å². The van der Waals surface area contributed by atoms with E-state index in [1.54, 1.807) is 6.08 Å². The predicted molar refractivity (Wildman–Crippen MR) is 97.5 cm³/mol. The van der Waals surface area contributed by atoms with E-state index in [4.69, 9.17) is 0 Å². The van der Waals surface area contributed by atoms with Gasteiger partial charge < -0.3 is 0 Å². The fraction of sp³-hybridized carbons (Fsp3) is 0.182. The molecule has 0 amide bonds. The summed E-state index contributed by atoms with van der Waals surface area (Å²) in [5.74, 6) is 0.185. The molecule has 2 heteroatoms. The largest absolute Gasteiger partial charge is 0.294 e. The van der Waals surface area contributed by atoms with Crippen LogP contribution in [0.2, 0.25) is 0 Å². The van der Waals surface area contributed by atoms with E-state index in [2.05, 4.69) is 0 Å². The van der Waals surface area contributed by atoms with Gasteiger partial charge >= 0.3 is 0 Å². The number of ketones is 2. The molecule has 0 radical (unpaired) electrons. The Kier molecular flexibility index (Phi) is 5.17. The van der Waals surface area contributed by atoms with Gasteiger partial charge in [-0.15, -0.1) is 0 Å². The molecule has 0 unspecified atom stereocenters. The van der Waals surface area contributed by atoms with E-state index >= 15 is 0 Å². The molecule has 0 atom stereocenters. The zero-order chi connectivity index (χ0) is 16.8. The summed E-state index contributed by atoms with van der Waals surface area (Å²) >= 11 is 0. The molecule has 0 aromatic heterocycles. The Hall–Kier alpha value is -2.74. The molecule has 0 spiro atoms. The minimum atomic E-state index is 0.0228. The monoisotopic (exact) mass is 316 g/mol. The molecule has 0 aliphatic heterocycles. The Labute approximate surface area is 142 Å². The third-order valence-corrected chi connectivity index (χ3v) is 4.15. The van der Waals surface area contributed by atoms with Crippen molar-refractivity contribution in [1.82, 2.24) is 0 Å². The van der Waals surface area contributed by atoms with Crippen LogP contribution in [0.4, 0.5) is 0 Å². The molecule has 0 saturated heterocycles. The second kappa shape index (κ2) is 7.69. The number of benzene rings is 1. The molecule has 0 fully saturated rings. The van der Waals surface area contributed by atoms with E-state index < -0.39 is 0 Å². The Bertz CT molecular complexity index is 801. The Balaban J connectivity index is 1.65. The maximum atomic E-state index is 12.2. The zero-order valence-corrected chi connectivity index (χ0v) is 13.6. The lowest BCUT2D eigenvalue weighted by Gasteiger charge is -2.04. The van der Waals surface area contributed by atoms with Crippen LogP contribution in [0.3, 0.4) is 0 Å². The van der Waals surface area contributed by atoms with Gasteiger partial charge in [0.05, 0.1) is 0 Å². The molecule has 2 aliphatic rings. The molecule has 3 rings (SSSR count). The molecule has 1 aromatic rings. The first kappa shape index (κ1) is 16.1. The van der Waals surface area contributed by atoms with Gasteiger partial charge in [0.1, 0.15) is 0 Å². The molecule has 0 heterocycles. The molecule has 1 aromatic carbocycles. The topological polar surface area (TPSA) is 34.1 Å². The van der Waals surface area contributed by atoms with Crippen LogP contribution in [0.15, 0.2) is 77.9 Å². The number of carbonyl (C=O) groups is 2. The number of rotatable bonds is 6. The fourth-order valence-electron chi connectivity index (χ4n) is 2.82. The molecular weight excluding hydrogens is 296 g/mol. The van der Waals surface area contributed by atoms with Crippen molar-refractivity contribution in [2.24, 2.45) is 0 Å². The van der Waals surface area contributed by atoms with Gasteiger partial charge in [-0.05, 0) is 42.0 Å². The number of carbonyl (C=O) groups excluding carboxylic acids is 2. The minimum Gasteiger partial charge on any atom is -0.294 e. The summed E-state index contributed by atoms with van der Waals surface area (Å²) in [6.45, 7) is 0. The van der Waals surface area contributed by atoms with Crippen molar-refractivity contribution in [3.63, 3.8) is 0 Å². The Morgan fingerprint density at radius 3 is 2.79 bits per heavy atom. The normalized spacial score (nSPS) is 16.3. The first-order valence-electron chi connectivity index (χ1n) is 8.29. The molecule has 24 heavy (non-hydrogen) atoms. The lowest BCUT2D eigenvalue weighted by atomic mass is 10.00. The average molecular weight is 316 g/mol. The smallest absolute Gasteiger partial charge is 0.185 e. The Morgan fingerprint density at radius 2 is 2.04 bits per heavy atom. The van der Waals surface area contributed by atoms with Crippen LogP contribution in [0.5, 0.6) is 0 Å². The highest BCUT2D eigenvalue weighted by Gasteiger charge is 2.11. The highest BCUT2D eigenvalue weighted by atomic mass is 16.1. The second-order valence-electron chi connectivity index (χ2n) is 6.01. The predicted octanol–water partition coefficient (Wildman–Crippen LogP) is 4.54. The quantitative estimate of drug-likeness (QED) is 0.722. The van der Waals surface area contributed by atoms with E-state index in [0.29, 0.717) is 6.42 Å². The number of hydrogen-bond acceptors (Lipinski definition) is 2. The summed E-state index contributed by atoms with van der Waals surface area (Å²) in [5.41, 5.74) is 3.53. The van der Waals surface area contributed by atoms with Crippen LogP contribution in [0.1, 0.15) is 30.4 Å². The van der Waals surface area contributed by atoms with Crippen molar-refractivity contribution >= 4 is 17.6 Å². The minimum absolute atomic E-state index is 0.0228. The van der Waals surface area contributed by atoms with Crippen molar-refractivity contribution in [2.45, 2.75) is 25.7 Å². The highest BCUT2D eigenvalue weighted by Crippen LogP contribution is 2.16. The second-order valence-corrected chi connectivity index (χ2v) is 6.01. The van der Waals surface area contributed by atoms with Gasteiger partial charge in [0, 0.05) is 12.0 Å². The maximum absolute atomic E-state index is 12.2. The van der Waals surface area contributed by atoms with Gasteiger partial charge in [0.25, 0.3) is 0 Å².